The highest BCUT2D eigenvalue weighted by molar-refractivity contribution is 7.19. The molecule has 6 rings (SSSR count). The Bertz CT molecular complexity index is 1570. The molecule has 1 aromatic carbocycles. The topological polar surface area (TPSA) is 108 Å². The van der Waals surface area contributed by atoms with E-state index in [9.17, 15) is 9.59 Å². The van der Waals surface area contributed by atoms with E-state index in [1.54, 1.807) is 28.6 Å². The zero-order valence-electron chi connectivity index (χ0n) is 21.4. The van der Waals surface area contributed by atoms with E-state index in [1.807, 2.05) is 49.4 Å². The van der Waals surface area contributed by atoms with Crippen molar-refractivity contribution in [1.82, 2.24) is 20.6 Å². The number of carbonyl (C=O) groups is 2. The summed E-state index contributed by atoms with van der Waals surface area (Å²) in [6.45, 7) is 6.05. The molecular formula is C29H28N6O3S. The van der Waals surface area contributed by atoms with E-state index in [0.717, 1.165) is 51.3 Å². The lowest BCUT2D eigenvalue weighted by Crippen LogP contribution is -2.45. The molecule has 0 spiro atoms. The number of thiophene rings is 1. The number of anilines is 3. The van der Waals surface area contributed by atoms with Crippen LogP contribution in [0.25, 0.3) is 10.2 Å². The molecule has 3 amide bonds. The maximum Gasteiger partial charge on any atom is 0.331 e. The van der Waals surface area contributed by atoms with Gasteiger partial charge in [0.05, 0.1) is 28.6 Å². The highest BCUT2D eigenvalue weighted by atomic mass is 32.1. The van der Waals surface area contributed by atoms with Crippen molar-refractivity contribution in [2.45, 2.75) is 44.8 Å². The van der Waals surface area contributed by atoms with Crippen molar-refractivity contribution in [3.05, 3.63) is 78.0 Å². The Morgan fingerprint density at radius 1 is 1.21 bits per heavy atom. The van der Waals surface area contributed by atoms with Crippen molar-refractivity contribution in [1.29, 1.82) is 0 Å². The Morgan fingerprint density at radius 2 is 2.03 bits per heavy atom. The molecule has 0 radical (unpaired) electrons. The number of amides is 3. The second kappa shape index (κ2) is 10.5. The molecule has 10 heteroatoms. The number of aryl methyl sites for hydroxylation is 1. The number of ether oxygens (including phenoxy) is 1. The number of nitrogens with zero attached hydrogens (tertiary/aromatic N) is 3. The maximum atomic E-state index is 13.5. The monoisotopic (exact) mass is 540 g/mol. The van der Waals surface area contributed by atoms with Gasteiger partial charge in [0.25, 0.3) is 0 Å². The fourth-order valence-corrected chi connectivity index (χ4v) is 6.34. The zero-order chi connectivity index (χ0) is 26.9. The lowest BCUT2D eigenvalue weighted by atomic mass is 10.1. The first-order chi connectivity index (χ1) is 19.0. The predicted octanol–water partition coefficient (Wildman–Crippen LogP) is 5.79. The fourth-order valence-electron chi connectivity index (χ4n) is 5.27. The van der Waals surface area contributed by atoms with E-state index < -0.39 is 0 Å². The Balaban J connectivity index is 1.27. The van der Waals surface area contributed by atoms with Crippen LogP contribution in [0.3, 0.4) is 0 Å². The van der Waals surface area contributed by atoms with E-state index in [-0.39, 0.29) is 24.0 Å². The Labute approximate surface area is 229 Å². The summed E-state index contributed by atoms with van der Waals surface area (Å²) in [5.41, 5.74) is 3.07. The number of hydrogen-bond donors (Lipinski definition) is 3. The number of rotatable bonds is 8. The van der Waals surface area contributed by atoms with Gasteiger partial charge in [0.1, 0.15) is 10.6 Å². The number of aromatic nitrogens is 2. The highest BCUT2D eigenvalue weighted by Gasteiger charge is 2.33. The molecule has 0 bridgehead atoms. The summed E-state index contributed by atoms with van der Waals surface area (Å²) < 4.78 is 5.88. The van der Waals surface area contributed by atoms with Gasteiger partial charge in [0, 0.05) is 35.8 Å². The van der Waals surface area contributed by atoms with Crippen molar-refractivity contribution < 1.29 is 14.3 Å². The highest BCUT2D eigenvalue weighted by Crippen LogP contribution is 2.46. The molecule has 4 heterocycles. The number of urea groups is 1. The lowest BCUT2D eigenvalue weighted by molar-refractivity contribution is -0.117. The molecule has 4 aromatic rings. The van der Waals surface area contributed by atoms with E-state index in [4.69, 9.17) is 4.74 Å². The maximum absolute atomic E-state index is 13.5. The second-order valence-electron chi connectivity index (χ2n) is 9.64. The van der Waals surface area contributed by atoms with Crippen molar-refractivity contribution in [3.8, 4) is 11.6 Å². The smallest absolute Gasteiger partial charge is 0.331 e. The standard InChI is InChI=1S/C29H28N6O3S/c1-3-24(36)33-20-11-7-10-19(20)31-16-23-27-26-21(12-13-30-28(26)39-23)35(29(37)34-27)22-15-32-25(14-17(22)2)38-18-8-5-4-6-9-18/h3-6,8-9,12-15,19-20,31H,1,7,10-11,16H2,2H3,(H,33,36)(H,34,37)/t19-,20+/m1/s1. The summed E-state index contributed by atoms with van der Waals surface area (Å²) in [5, 5.41) is 10.6. The quantitative estimate of drug-likeness (QED) is 0.244. The first-order valence-electron chi connectivity index (χ1n) is 12.9. The minimum absolute atomic E-state index is 0.0596. The van der Waals surface area contributed by atoms with Gasteiger partial charge in [-0.2, -0.15) is 0 Å². The summed E-state index contributed by atoms with van der Waals surface area (Å²) in [7, 11) is 0. The molecule has 1 fully saturated rings. The first-order valence-corrected chi connectivity index (χ1v) is 13.7. The van der Waals surface area contributed by atoms with Crippen LogP contribution in [0.4, 0.5) is 21.9 Å². The predicted molar refractivity (Wildman–Crippen MR) is 153 cm³/mol. The van der Waals surface area contributed by atoms with Crippen LogP contribution in [-0.4, -0.2) is 34.0 Å². The molecule has 39 heavy (non-hydrogen) atoms. The van der Waals surface area contributed by atoms with Crippen LogP contribution in [0.15, 0.2) is 67.5 Å². The third-order valence-corrected chi connectivity index (χ3v) is 8.24. The average Bonchev–Trinajstić information content (AvgIpc) is 3.53. The van der Waals surface area contributed by atoms with Gasteiger partial charge in [0.2, 0.25) is 11.8 Å². The van der Waals surface area contributed by atoms with Crippen molar-refractivity contribution in [2.24, 2.45) is 0 Å². The molecule has 2 atom stereocenters. The number of nitrogens with one attached hydrogen (secondary N) is 3. The van der Waals surface area contributed by atoms with Crippen LogP contribution in [0.1, 0.15) is 29.7 Å². The molecule has 1 aliphatic carbocycles. The van der Waals surface area contributed by atoms with Crippen LogP contribution in [-0.2, 0) is 11.3 Å². The molecule has 2 aliphatic rings. The van der Waals surface area contributed by atoms with E-state index in [2.05, 4.69) is 32.5 Å². The summed E-state index contributed by atoms with van der Waals surface area (Å²) in [5.74, 6) is 0.995. The number of carbonyl (C=O) groups excluding carboxylic acids is 2. The van der Waals surface area contributed by atoms with Gasteiger partial charge in [-0.05, 0) is 56.0 Å². The molecule has 198 valence electrons. The minimum Gasteiger partial charge on any atom is -0.439 e. The van der Waals surface area contributed by atoms with Gasteiger partial charge >= 0.3 is 6.03 Å². The largest absolute Gasteiger partial charge is 0.439 e. The summed E-state index contributed by atoms with van der Waals surface area (Å²) in [4.78, 5) is 37.9. The molecule has 1 saturated carbocycles. The molecule has 3 N–H and O–H groups in total. The van der Waals surface area contributed by atoms with Crippen molar-refractivity contribution in [2.75, 3.05) is 10.2 Å². The lowest BCUT2D eigenvalue weighted by Gasteiger charge is -2.29. The summed E-state index contributed by atoms with van der Waals surface area (Å²) >= 11 is 1.56. The van der Waals surface area contributed by atoms with Crippen LogP contribution >= 0.6 is 11.3 Å². The van der Waals surface area contributed by atoms with Crippen LogP contribution in [0, 0.1) is 6.92 Å². The van der Waals surface area contributed by atoms with Crippen LogP contribution in [0.5, 0.6) is 11.6 Å². The molecule has 3 aromatic heterocycles. The fraction of sp³-hybridized carbons (Fsp3) is 0.241. The number of hydrogen-bond acceptors (Lipinski definition) is 7. The first kappa shape index (κ1) is 25.0. The Morgan fingerprint density at radius 3 is 2.82 bits per heavy atom. The molecule has 0 unspecified atom stereocenters. The second-order valence-corrected chi connectivity index (χ2v) is 10.7. The Kier molecular flexibility index (Phi) is 6.72. The van der Waals surface area contributed by atoms with E-state index in [1.165, 1.54) is 6.08 Å². The third kappa shape index (κ3) is 4.84. The minimum atomic E-state index is -0.256. The van der Waals surface area contributed by atoms with Gasteiger partial charge in [0.15, 0.2) is 0 Å². The summed E-state index contributed by atoms with van der Waals surface area (Å²) in [6, 6.07) is 13.1. The average molecular weight is 541 g/mol. The van der Waals surface area contributed by atoms with Gasteiger partial charge in [-0.15, -0.1) is 11.3 Å². The van der Waals surface area contributed by atoms with E-state index in [0.29, 0.717) is 23.9 Å². The van der Waals surface area contributed by atoms with Gasteiger partial charge in [-0.1, -0.05) is 24.8 Å². The molecule has 1 aliphatic heterocycles. The van der Waals surface area contributed by atoms with Crippen molar-refractivity contribution in [3.63, 3.8) is 0 Å². The molecule has 9 nitrogen and oxygen atoms in total. The van der Waals surface area contributed by atoms with Crippen molar-refractivity contribution >= 4 is 50.6 Å². The zero-order valence-corrected chi connectivity index (χ0v) is 22.3. The number of para-hydroxylation sites is 1. The molecular weight excluding hydrogens is 512 g/mol. The van der Waals surface area contributed by atoms with Gasteiger partial charge in [-0.3, -0.25) is 9.69 Å². The Hall–Kier alpha value is -4.28. The van der Waals surface area contributed by atoms with Gasteiger partial charge in [-0.25, -0.2) is 14.8 Å². The third-order valence-electron chi connectivity index (χ3n) is 7.14. The number of pyridine rings is 2. The number of benzene rings is 1. The van der Waals surface area contributed by atoms with Gasteiger partial charge < -0.3 is 20.7 Å². The molecule has 0 saturated heterocycles. The van der Waals surface area contributed by atoms with Crippen LogP contribution in [0.2, 0.25) is 0 Å². The van der Waals surface area contributed by atoms with Crippen LogP contribution < -0.4 is 25.6 Å². The van der Waals surface area contributed by atoms with E-state index >= 15 is 0 Å². The SMILES string of the molecule is C=CC(=O)N[C@H]1CCC[C@H]1NCc1sc2nccc3c2c1NC(=O)N3c1cnc(Oc2ccccc2)cc1C. The normalized spacial score (nSPS) is 18.2. The summed E-state index contributed by atoms with van der Waals surface area (Å²) in [6.07, 6.45) is 7.64.